The SMILES string of the molecule is Cc1cc([N+](=O)[O-])c(N2CC([C@@H](C)O)C2)cc1S(=O)(=O)NCC(CO)c1ccc(Cl)cc1. The summed E-state index contributed by atoms with van der Waals surface area (Å²) in [7, 11) is -4.01. The van der Waals surface area contributed by atoms with Gasteiger partial charge in [0.05, 0.1) is 22.5 Å². The molecule has 1 heterocycles. The molecule has 3 rings (SSSR count). The van der Waals surface area contributed by atoms with Gasteiger partial charge in [0.25, 0.3) is 5.69 Å². The van der Waals surface area contributed by atoms with Crippen LogP contribution in [0.2, 0.25) is 5.02 Å². The first-order valence-electron chi connectivity index (χ1n) is 10.1. The van der Waals surface area contributed by atoms with Crippen molar-refractivity contribution in [2.45, 2.75) is 30.8 Å². The summed E-state index contributed by atoms with van der Waals surface area (Å²) < 4.78 is 28.6. The van der Waals surface area contributed by atoms with E-state index in [2.05, 4.69) is 4.72 Å². The van der Waals surface area contributed by atoms with Gasteiger partial charge in [0, 0.05) is 42.6 Å². The van der Waals surface area contributed by atoms with Gasteiger partial charge < -0.3 is 15.1 Å². The zero-order valence-corrected chi connectivity index (χ0v) is 19.3. The number of hydrogen-bond donors (Lipinski definition) is 3. The number of nitro benzene ring substituents is 1. The number of aryl methyl sites for hydroxylation is 1. The van der Waals surface area contributed by atoms with Crippen LogP contribution < -0.4 is 9.62 Å². The molecule has 9 nitrogen and oxygen atoms in total. The molecule has 32 heavy (non-hydrogen) atoms. The summed E-state index contributed by atoms with van der Waals surface area (Å²) in [5.74, 6) is -0.513. The van der Waals surface area contributed by atoms with Crippen molar-refractivity contribution in [3.8, 4) is 0 Å². The summed E-state index contributed by atoms with van der Waals surface area (Å²) in [6, 6.07) is 9.32. The molecular weight excluding hydrogens is 458 g/mol. The van der Waals surface area contributed by atoms with Gasteiger partial charge in [-0.05, 0) is 43.2 Å². The first kappa shape index (κ1) is 24.4. The third-order valence-electron chi connectivity index (χ3n) is 5.77. The van der Waals surface area contributed by atoms with E-state index in [1.165, 1.54) is 19.1 Å². The normalized spacial score (nSPS) is 16.5. The molecule has 2 aromatic rings. The van der Waals surface area contributed by atoms with Crippen LogP contribution in [0, 0.1) is 23.0 Å². The lowest BCUT2D eigenvalue weighted by Gasteiger charge is -2.42. The summed E-state index contributed by atoms with van der Waals surface area (Å²) in [6.45, 7) is 3.63. The zero-order valence-electron chi connectivity index (χ0n) is 17.7. The Kier molecular flexibility index (Phi) is 7.41. The molecule has 0 amide bonds. The van der Waals surface area contributed by atoms with Crippen molar-refractivity contribution < 1.29 is 23.6 Å². The van der Waals surface area contributed by atoms with Gasteiger partial charge in [0.1, 0.15) is 5.69 Å². The topological polar surface area (TPSA) is 133 Å². The molecule has 0 spiro atoms. The zero-order chi connectivity index (χ0) is 23.6. The van der Waals surface area contributed by atoms with Gasteiger partial charge in [0.2, 0.25) is 10.0 Å². The number of halogens is 1. The van der Waals surface area contributed by atoms with Crippen molar-refractivity contribution in [2.24, 2.45) is 5.92 Å². The van der Waals surface area contributed by atoms with Crippen LogP contribution in [0.25, 0.3) is 0 Å². The lowest BCUT2D eigenvalue weighted by Crippen LogP contribution is -2.51. The van der Waals surface area contributed by atoms with E-state index in [1.54, 1.807) is 36.1 Å². The second-order valence-electron chi connectivity index (χ2n) is 8.05. The van der Waals surface area contributed by atoms with Gasteiger partial charge >= 0.3 is 0 Å². The number of sulfonamides is 1. The van der Waals surface area contributed by atoms with Gasteiger partial charge in [-0.1, -0.05) is 23.7 Å². The van der Waals surface area contributed by atoms with Crippen LogP contribution in [0.1, 0.15) is 24.0 Å². The van der Waals surface area contributed by atoms with Crippen LogP contribution >= 0.6 is 11.6 Å². The smallest absolute Gasteiger partial charge is 0.292 e. The molecule has 1 aliphatic rings. The summed E-state index contributed by atoms with van der Waals surface area (Å²) in [4.78, 5) is 12.6. The fourth-order valence-electron chi connectivity index (χ4n) is 3.68. The highest BCUT2D eigenvalue weighted by Gasteiger charge is 2.35. The lowest BCUT2D eigenvalue weighted by molar-refractivity contribution is -0.384. The van der Waals surface area contributed by atoms with E-state index in [0.717, 1.165) is 5.56 Å². The number of nitro groups is 1. The van der Waals surface area contributed by atoms with E-state index >= 15 is 0 Å². The molecule has 2 atom stereocenters. The standard InChI is InChI=1S/C21H26ClN3O6S/c1-13-7-20(25(28)29)19(24-10-17(11-24)14(2)27)8-21(13)32(30,31)23-9-16(12-26)15-3-5-18(22)6-4-15/h3-8,14,16-17,23,26-27H,9-12H2,1-2H3/t14-,16?/m1/s1. The quantitative estimate of drug-likeness (QED) is 0.368. The summed E-state index contributed by atoms with van der Waals surface area (Å²) in [5.41, 5.74) is 0.993. The molecule has 0 radical (unpaired) electrons. The third kappa shape index (κ3) is 5.21. The molecule has 174 valence electrons. The Morgan fingerprint density at radius 1 is 1.28 bits per heavy atom. The second-order valence-corrected chi connectivity index (χ2v) is 10.2. The minimum Gasteiger partial charge on any atom is -0.396 e. The van der Waals surface area contributed by atoms with Crippen LogP contribution in [-0.2, 0) is 10.0 Å². The summed E-state index contributed by atoms with van der Waals surface area (Å²) in [6.07, 6.45) is -0.552. The molecule has 1 aliphatic heterocycles. The predicted octanol–water partition coefficient (Wildman–Crippen LogP) is 2.43. The molecule has 0 bridgehead atoms. The van der Waals surface area contributed by atoms with E-state index in [4.69, 9.17) is 11.6 Å². The average Bonchev–Trinajstić information content (AvgIpc) is 2.68. The minimum absolute atomic E-state index is 0.0289. The maximum atomic E-state index is 13.1. The largest absolute Gasteiger partial charge is 0.396 e. The van der Waals surface area contributed by atoms with E-state index in [1.807, 2.05) is 0 Å². The van der Waals surface area contributed by atoms with Crippen LogP contribution in [0.4, 0.5) is 11.4 Å². The van der Waals surface area contributed by atoms with Crippen molar-refractivity contribution >= 4 is 33.0 Å². The number of benzene rings is 2. The summed E-state index contributed by atoms with van der Waals surface area (Å²) >= 11 is 5.89. The van der Waals surface area contributed by atoms with Crippen LogP contribution in [-0.4, -0.2) is 55.9 Å². The fourth-order valence-corrected chi connectivity index (χ4v) is 5.13. The maximum absolute atomic E-state index is 13.1. The number of hydrogen-bond acceptors (Lipinski definition) is 7. The molecule has 3 N–H and O–H groups in total. The van der Waals surface area contributed by atoms with Gasteiger partial charge in [-0.25, -0.2) is 13.1 Å². The van der Waals surface area contributed by atoms with Gasteiger partial charge in [0.15, 0.2) is 0 Å². The van der Waals surface area contributed by atoms with Crippen molar-refractivity contribution in [1.82, 2.24) is 4.72 Å². The molecule has 1 fully saturated rings. The highest BCUT2D eigenvalue weighted by Crippen LogP contribution is 2.37. The van der Waals surface area contributed by atoms with E-state index < -0.39 is 27.0 Å². The summed E-state index contributed by atoms with van der Waals surface area (Å²) in [5, 5.41) is 31.5. The van der Waals surface area contributed by atoms with E-state index in [-0.39, 0.29) is 40.9 Å². The number of anilines is 1. The van der Waals surface area contributed by atoms with Crippen LogP contribution in [0.3, 0.4) is 0 Å². The van der Waals surface area contributed by atoms with Crippen molar-refractivity contribution in [1.29, 1.82) is 0 Å². The molecule has 1 saturated heterocycles. The number of nitrogens with zero attached hydrogens (tertiary/aromatic N) is 2. The van der Waals surface area contributed by atoms with Crippen LogP contribution in [0.5, 0.6) is 0 Å². The van der Waals surface area contributed by atoms with Crippen molar-refractivity contribution in [3.05, 3.63) is 62.7 Å². The van der Waals surface area contributed by atoms with Gasteiger partial charge in [-0.2, -0.15) is 0 Å². The van der Waals surface area contributed by atoms with Gasteiger partial charge in [-0.15, -0.1) is 0 Å². The molecule has 1 unspecified atom stereocenters. The lowest BCUT2D eigenvalue weighted by atomic mass is 9.93. The molecular formula is C21H26ClN3O6S. The molecule has 2 aromatic carbocycles. The number of rotatable bonds is 9. The molecule has 11 heteroatoms. The first-order chi connectivity index (χ1) is 15.0. The average molecular weight is 484 g/mol. The van der Waals surface area contributed by atoms with Crippen molar-refractivity contribution in [3.63, 3.8) is 0 Å². The Hall–Kier alpha value is -2.24. The first-order valence-corrected chi connectivity index (χ1v) is 12.0. The van der Waals surface area contributed by atoms with Gasteiger partial charge in [-0.3, -0.25) is 10.1 Å². The number of aliphatic hydroxyl groups is 2. The predicted molar refractivity (Wildman–Crippen MR) is 122 cm³/mol. The van der Waals surface area contributed by atoms with Crippen LogP contribution in [0.15, 0.2) is 41.3 Å². The Morgan fingerprint density at radius 3 is 2.44 bits per heavy atom. The number of aliphatic hydroxyl groups excluding tert-OH is 2. The van der Waals surface area contributed by atoms with Crippen molar-refractivity contribution in [2.75, 3.05) is 31.1 Å². The molecule has 0 aliphatic carbocycles. The Bertz CT molecular complexity index is 1090. The molecule has 0 aromatic heterocycles. The highest BCUT2D eigenvalue weighted by molar-refractivity contribution is 7.89. The molecule has 0 saturated carbocycles. The van der Waals surface area contributed by atoms with E-state index in [0.29, 0.717) is 18.1 Å². The Balaban J connectivity index is 1.85. The monoisotopic (exact) mass is 483 g/mol. The second kappa shape index (κ2) is 9.72. The minimum atomic E-state index is -4.01. The fraction of sp³-hybridized carbons (Fsp3) is 0.429. The van der Waals surface area contributed by atoms with E-state index in [9.17, 15) is 28.7 Å². The highest BCUT2D eigenvalue weighted by atomic mass is 35.5. The number of nitrogens with one attached hydrogen (secondary N) is 1. The Morgan fingerprint density at radius 2 is 1.91 bits per heavy atom. The third-order valence-corrected chi connectivity index (χ3v) is 7.59. The Labute approximate surface area is 191 Å². The maximum Gasteiger partial charge on any atom is 0.292 e.